The zero-order valence-corrected chi connectivity index (χ0v) is 20.3. The number of benzene rings is 3. The summed E-state index contributed by atoms with van der Waals surface area (Å²) in [6.07, 6.45) is 0. The van der Waals surface area contributed by atoms with Gasteiger partial charge in [0.25, 0.3) is 5.91 Å². The largest absolute Gasteiger partial charge is 0.322 e. The molecule has 3 aromatic carbocycles. The Hall–Kier alpha value is -1.38. The van der Waals surface area contributed by atoms with Gasteiger partial charge >= 0.3 is 0 Å². The van der Waals surface area contributed by atoms with Gasteiger partial charge in [0.05, 0.1) is 20.8 Å². The number of anilines is 1. The van der Waals surface area contributed by atoms with Crippen LogP contribution in [0.25, 0.3) is 10.2 Å². The third-order valence-corrected chi connectivity index (χ3v) is 7.88. The van der Waals surface area contributed by atoms with Gasteiger partial charge in [-0.1, -0.05) is 73.4 Å². The van der Waals surface area contributed by atoms with Crippen molar-refractivity contribution in [3.8, 4) is 0 Å². The second kappa shape index (κ2) is 9.18. The van der Waals surface area contributed by atoms with Crippen molar-refractivity contribution in [3.63, 3.8) is 0 Å². The van der Waals surface area contributed by atoms with Gasteiger partial charge in [-0.2, -0.15) is 0 Å². The minimum Gasteiger partial charge on any atom is -0.322 e. The number of hydrogen-bond donors (Lipinski definition) is 1. The molecule has 0 radical (unpaired) electrons. The summed E-state index contributed by atoms with van der Waals surface area (Å²) >= 11 is 16.5. The highest BCUT2D eigenvalue weighted by Gasteiger charge is 2.12. The topological polar surface area (TPSA) is 42.0 Å². The van der Waals surface area contributed by atoms with Gasteiger partial charge in [-0.05, 0) is 48.0 Å². The number of fused-ring (bicyclic) bond motifs is 1. The molecule has 0 saturated heterocycles. The van der Waals surface area contributed by atoms with Gasteiger partial charge < -0.3 is 5.32 Å². The second-order valence-corrected chi connectivity index (χ2v) is 10.6. The number of carbonyl (C=O) groups is 1. The first kappa shape index (κ1) is 20.9. The third kappa shape index (κ3) is 5.03. The first-order valence-electron chi connectivity index (χ1n) is 8.53. The fourth-order valence-corrected chi connectivity index (χ4v) is 6.37. The Kier molecular flexibility index (Phi) is 6.61. The lowest BCUT2D eigenvalue weighted by atomic mass is 10.2. The van der Waals surface area contributed by atoms with Crippen LogP contribution in [-0.2, 0) is 5.75 Å². The molecule has 1 N–H and O–H groups in total. The average molecular weight is 569 g/mol. The molecule has 29 heavy (non-hydrogen) atoms. The fourth-order valence-electron chi connectivity index (χ4n) is 2.66. The summed E-state index contributed by atoms with van der Waals surface area (Å²) in [5.74, 6) is 0.596. The van der Waals surface area contributed by atoms with Gasteiger partial charge in [0, 0.05) is 20.4 Å². The quantitative estimate of drug-likeness (QED) is 0.248. The highest BCUT2D eigenvalue weighted by atomic mass is 79.9. The van der Waals surface area contributed by atoms with E-state index in [-0.39, 0.29) is 5.91 Å². The maximum atomic E-state index is 12.5. The molecule has 1 aromatic heterocycles. The summed E-state index contributed by atoms with van der Waals surface area (Å²) in [5.41, 5.74) is 3.31. The Bertz CT molecular complexity index is 1210. The van der Waals surface area contributed by atoms with E-state index in [2.05, 4.69) is 43.2 Å². The van der Waals surface area contributed by atoms with Crippen LogP contribution >= 0.6 is 66.6 Å². The maximum absolute atomic E-state index is 12.5. The predicted molar refractivity (Wildman–Crippen MR) is 130 cm³/mol. The SMILES string of the molecule is O=C(Nc1ccc2nc(SCc3ccc(Br)cc3Br)sc2c1)c1ccccc1Cl. The van der Waals surface area contributed by atoms with Crippen LogP contribution in [0.3, 0.4) is 0 Å². The average Bonchev–Trinajstić information content (AvgIpc) is 3.09. The van der Waals surface area contributed by atoms with Crippen molar-refractivity contribution in [2.75, 3.05) is 5.32 Å². The van der Waals surface area contributed by atoms with Gasteiger partial charge in [-0.3, -0.25) is 4.79 Å². The first-order chi connectivity index (χ1) is 14.0. The van der Waals surface area contributed by atoms with Crippen LogP contribution < -0.4 is 5.32 Å². The Balaban J connectivity index is 1.49. The van der Waals surface area contributed by atoms with Crippen molar-refractivity contribution in [2.24, 2.45) is 0 Å². The van der Waals surface area contributed by atoms with Gasteiger partial charge in [0.1, 0.15) is 0 Å². The molecule has 0 unspecified atom stereocenters. The maximum Gasteiger partial charge on any atom is 0.257 e. The van der Waals surface area contributed by atoms with Gasteiger partial charge in [0.15, 0.2) is 4.34 Å². The number of amides is 1. The Morgan fingerprint density at radius 2 is 1.93 bits per heavy atom. The smallest absolute Gasteiger partial charge is 0.257 e. The van der Waals surface area contributed by atoms with Crippen LogP contribution in [0.15, 0.2) is 73.9 Å². The molecule has 1 amide bonds. The highest BCUT2D eigenvalue weighted by molar-refractivity contribution is 9.11. The number of thiazole rings is 1. The number of aromatic nitrogens is 1. The molecule has 0 bridgehead atoms. The van der Waals surface area contributed by atoms with Crippen LogP contribution in [-0.4, -0.2) is 10.9 Å². The number of thioether (sulfide) groups is 1. The molecule has 146 valence electrons. The van der Waals surface area contributed by atoms with E-state index in [9.17, 15) is 4.79 Å². The van der Waals surface area contributed by atoms with Gasteiger partial charge in [-0.25, -0.2) is 4.98 Å². The summed E-state index contributed by atoms with van der Waals surface area (Å²) in [6, 6.07) is 18.9. The third-order valence-electron chi connectivity index (χ3n) is 4.11. The lowest BCUT2D eigenvalue weighted by Gasteiger charge is -2.06. The molecule has 0 atom stereocenters. The molecule has 4 rings (SSSR count). The minimum absolute atomic E-state index is 0.228. The lowest BCUT2D eigenvalue weighted by Crippen LogP contribution is -2.12. The first-order valence-corrected chi connectivity index (χ1v) is 12.3. The molecular weight excluding hydrogens is 556 g/mol. The van der Waals surface area contributed by atoms with Crippen molar-refractivity contribution in [1.29, 1.82) is 0 Å². The molecule has 0 saturated carbocycles. The highest BCUT2D eigenvalue weighted by Crippen LogP contribution is 2.35. The lowest BCUT2D eigenvalue weighted by molar-refractivity contribution is 0.102. The van der Waals surface area contributed by atoms with E-state index in [4.69, 9.17) is 16.6 Å². The van der Waals surface area contributed by atoms with E-state index in [1.807, 2.05) is 30.3 Å². The molecule has 0 spiro atoms. The zero-order valence-electron chi connectivity index (χ0n) is 14.8. The van der Waals surface area contributed by atoms with Crippen LogP contribution in [0.4, 0.5) is 5.69 Å². The van der Waals surface area contributed by atoms with E-state index in [0.29, 0.717) is 10.6 Å². The minimum atomic E-state index is -0.228. The number of halogens is 3. The van der Waals surface area contributed by atoms with Crippen molar-refractivity contribution >= 4 is 88.4 Å². The summed E-state index contributed by atoms with van der Waals surface area (Å²) in [4.78, 5) is 17.2. The van der Waals surface area contributed by atoms with Crippen LogP contribution in [0.5, 0.6) is 0 Å². The van der Waals surface area contributed by atoms with Gasteiger partial charge in [0.2, 0.25) is 0 Å². The number of carbonyl (C=O) groups excluding carboxylic acids is 1. The van der Waals surface area contributed by atoms with Crippen LogP contribution in [0.1, 0.15) is 15.9 Å². The fraction of sp³-hybridized carbons (Fsp3) is 0.0476. The van der Waals surface area contributed by atoms with E-state index in [1.165, 1.54) is 5.56 Å². The Morgan fingerprint density at radius 1 is 1.10 bits per heavy atom. The molecule has 4 aromatic rings. The summed E-state index contributed by atoms with van der Waals surface area (Å²) < 4.78 is 4.14. The summed E-state index contributed by atoms with van der Waals surface area (Å²) in [6.45, 7) is 0. The van der Waals surface area contributed by atoms with Crippen molar-refractivity contribution in [1.82, 2.24) is 4.98 Å². The van der Waals surface area contributed by atoms with E-state index < -0.39 is 0 Å². The normalized spacial score (nSPS) is 11.0. The zero-order chi connectivity index (χ0) is 20.4. The molecule has 8 heteroatoms. The standard InChI is InChI=1S/C21H13Br2ClN2OS2/c22-13-6-5-12(16(23)9-13)11-28-21-26-18-8-7-14(10-19(18)29-21)25-20(27)15-3-1-2-4-17(15)24/h1-10H,11H2,(H,25,27). The summed E-state index contributed by atoms with van der Waals surface area (Å²) in [5, 5.41) is 3.34. The second-order valence-electron chi connectivity index (χ2n) is 6.12. The van der Waals surface area contributed by atoms with Crippen molar-refractivity contribution in [2.45, 2.75) is 10.1 Å². The Labute approximate surface area is 198 Å². The van der Waals surface area contributed by atoms with E-state index >= 15 is 0 Å². The van der Waals surface area contributed by atoms with Crippen LogP contribution in [0, 0.1) is 0 Å². The molecule has 3 nitrogen and oxygen atoms in total. The van der Waals surface area contributed by atoms with Crippen molar-refractivity contribution < 1.29 is 4.79 Å². The summed E-state index contributed by atoms with van der Waals surface area (Å²) in [7, 11) is 0. The molecule has 0 aliphatic heterocycles. The molecule has 0 fully saturated rings. The number of rotatable bonds is 5. The van der Waals surface area contributed by atoms with Crippen molar-refractivity contribution in [3.05, 3.63) is 85.8 Å². The number of hydrogen-bond acceptors (Lipinski definition) is 4. The molecule has 1 heterocycles. The Morgan fingerprint density at radius 3 is 2.72 bits per heavy atom. The monoisotopic (exact) mass is 566 g/mol. The van der Waals surface area contributed by atoms with Gasteiger partial charge in [-0.15, -0.1) is 11.3 Å². The molecule has 0 aliphatic rings. The van der Waals surface area contributed by atoms with E-state index in [1.54, 1.807) is 47.4 Å². The molecule has 0 aliphatic carbocycles. The van der Waals surface area contributed by atoms with E-state index in [0.717, 1.165) is 34.9 Å². The predicted octanol–water partition coefficient (Wildman–Crippen LogP) is 8.02. The molecular formula is C21H13Br2ClN2OS2. The van der Waals surface area contributed by atoms with Crippen LogP contribution in [0.2, 0.25) is 5.02 Å². The number of nitrogens with one attached hydrogen (secondary N) is 1. The number of nitrogens with zero attached hydrogens (tertiary/aromatic N) is 1.